The van der Waals surface area contributed by atoms with Gasteiger partial charge in [0.2, 0.25) is 0 Å². The fraction of sp³-hybridized carbons (Fsp3) is 0.420. The van der Waals surface area contributed by atoms with Crippen molar-refractivity contribution in [2.75, 3.05) is 0 Å². The number of imidazole rings is 3. The van der Waals surface area contributed by atoms with Crippen LogP contribution in [0.3, 0.4) is 0 Å². The lowest BCUT2D eigenvalue weighted by atomic mass is 9.88. The van der Waals surface area contributed by atoms with Crippen molar-refractivity contribution in [2.45, 2.75) is 138 Å². The molecule has 0 aliphatic carbocycles. The number of hydrogen-bond donors (Lipinski definition) is 0. The molecule has 0 N–H and O–H groups in total. The van der Waals surface area contributed by atoms with Crippen molar-refractivity contribution in [3.05, 3.63) is 144 Å². The third-order valence-electron chi connectivity index (χ3n) is 10.5. The fourth-order valence-corrected chi connectivity index (χ4v) is 7.32. The summed E-state index contributed by atoms with van der Waals surface area (Å²) >= 11 is 5.93. The van der Waals surface area contributed by atoms with Crippen molar-refractivity contribution in [3.8, 4) is 0 Å². The molecule has 16 nitrogen and oxygen atoms in total. The zero-order chi connectivity index (χ0) is 49.1. The lowest BCUT2D eigenvalue weighted by Crippen LogP contribution is -2.19. The van der Waals surface area contributed by atoms with Crippen molar-refractivity contribution in [1.82, 2.24) is 78.0 Å². The van der Waals surface area contributed by atoms with Gasteiger partial charge in [0.1, 0.15) is 17.3 Å². The van der Waals surface area contributed by atoms with Gasteiger partial charge in [0.25, 0.3) is 0 Å². The van der Waals surface area contributed by atoms with E-state index >= 15 is 0 Å². The molecular formula is C50H65ClN16. The molecule has 67 heavy (non-hydrogen) atoms. The number of halogens is 1. The van der Waals surface area contributed by atoms with Crippen molar-refractivity contribution >= 4 is 39.8 Å². The second-order valence-corrected chi connectivity index (χ2v) is 21.8. The number of hydrogen-bond acceptors (Lipinski definition) is 11. The predicted molar refractivity (Wildman–Crippen MR) is 266 cm³/mol. The van der Waals surface area contributed by atoms with Gasteiger partial charge in [0.05, 0.1) is 30.0 Å². The summed E-state index contributed by atoms with van der Waals surface area (Å²) in [6.45, 7) is 34.3. The third-order valence-corrected chi connectivity index (χ3v) is 10.6. The first-order valence-corrected chi connectivity index (χ1v) is 22.7. The monoisotopic (exact) mass is 925 g/mol. The van der Waals surface area contributed by atoms with Crippen molar-refractivity contribution in [2.24, 2.45) is 0 Å². The van der Waals surface area contributed by atoms with E-state index in [1.165, 1.54) is 16.8 Å². The van der Waals surface area contributed by atoms with Crippen LogP contribution in [0, 0.1) is 6.92 Å². The van der Waals surface area contributed by atoms with Crippen LogP contribution in [-0.4, -0.2) is 78.0 Å². The summed E-state index contributed by atoms with van der Waals surface area (Å²) in [5.41, 5.74) is 10.7. The SMILES string of the molecule is CC(C)(C)c1cc(Cl)nn2ccnc12.CC(C)(C)c1ccnc2ccnn12.CC(C)(C)c1ccnn2ccnc12.CC(C)(C)c1ncnc2ccnn12.Cc1cn2nccc(C(C)(C)C)c2n1. The summed E-state index contributed by atoms with van der Waals surface area (Å²) in [7, 11) is 0. The minimum atomic E-state index is -0.00674. The standard InChI is InChI=1S/C11H15N3.C10H12ClN3.2C10H13N3.C9H12N4/c1-8-7-14-10(13-8)9(5-6-12-14)11(2,3)4;1-10(2,3)7-6-8(11)13-14-5-4-12-9(7)14;1-10(2,3)8-4-6-11-9-5-7-12-13(8)9;1-10(2,3)8-4-5-12-13-7-6-11-9(8)13;1-9(2,3)8-11-6-10-7-4-5-12-13(7)8/h5-7H,1-4H3;4-6H,1-3H3;2*4-7H,1-3H3;4-6H,1-3H3. The molecule has 0 radical (unpaired) electrons. The maximum absolute atomic E-state index is 5.93. The highest BCUT2D eigenvalue weighted by Gasteiger charge is 2.22. The fourth-order valence-electron chi connectivity index (χ4n) is 7.13. The van der Waals surface area contributed by atoms with Crippen LogP contribution in [0.2, 0.25) is 5.15 Å². The molecule has 0 atom stereocenters. The van der Waals surface area contributed by atoms with Gasteiger partial charge in [-0.05, 0) is 47.4 Å². The maximum atomic E-state index is 5.93. The van der Waals surface area contributed by atoms with Crippen LogP contribution in [0.15, 0.2) is 105 Å². The smallest absolute Gasteiger partial charge is 0.158 e. The molecule has 10 rings (SSSR count). The summed E-state index contributed by atoms with van der Waals surface area (Å²) in [5, 5.41) is 21.4. The first kappa shape index (κ1) is 49.7. The van der Waals surface area contributed by atoms with Gasteiger partial charge in [-0.2, -0.15) is 25.5 Å². The molecule has 17 heteroatoms. The molecule has 0 aromatic carbocycles. The number of nitrogens with zero attached hydrogens (tertiary/aromatic N) is 16. The average molecular weight is 926 g/mol. The van der Waals surface area contributed by atoms with Gasteiger partial charge >= 0.3 is 0 Å². The van der Waals surface area contributed by atoms with Gasteiger partial charge in [-0.25, -0.2) is 52.5 Å². The minimum absolute atomic E-state index is 0.00674. The Morgan fingerprint density at radius 1 is 0.448 bits per heavy atom. The number of aromatic nitrogens is 16. The van der Waals surface area contributed by atoms with E-state index in [-0.39, 0.29) is 27.1 Å². The third kappa shape index (κ3) is 12.0. The van der Waals surface area contributed by atoms with E-state index in [1.54, 1.807) is 50.9 Å². The Labute approximate surface area is 397 Å². The molecule has 10 aromatic rings. The molecule has 0 spiro atoms. The first-order chi connectivity index (χ1) is 31.2. The van der Waals surface area contributed by atoms with Gasteiger partial charge < -0.3 is 0 Å². The lowest BCUT2D eigenvalue weighted by molar-refractivity contribution is 0.520. The van der Waals surface area contributed by atoms with E-state index in [0.29, 0.717) is 5.15 Å². The number of fused-ring (bicyclic) bond motifs is 5. The second kappa shape index (κ2) is 19.3. The van der Waals surface area contributed by atoms with Crippen LogP contribution in [-0.2, 0) is 27.1 Å². The van der Waals surface area contributed by atoms with E-state index < -0.39 is 0 Å². The number of aryl methyl sites for hydroxylation is 1. The molecule has 0 bridgehead atoms. The Hall–Kier alpha value is -6.68. The van der Waals surface area contributed by atoms with Gasteiger partial charge in [0.15, 0.2) is 28.2 Å². The molecule has 0 aliphatic rings. The Bertz CT molecular complexity index is 3010. The van der Waals surface area contributed by atoms with Crippen LogP contribution in [0.5, 0.6) is 0 Å². The van der Waals surface area contributed by atoms with Gasteiger partial charge in [-0.1, -0.05) is 115 Å². The van der Waals surface area contributed by atoms with Crippen LogP contribution >= 0.6 is 11.6 Å². The van der Waals surface area contributed by atoms with Gasteiger partial charge in [-0.3, -0.25) is 0 Å². The summed E-state index contributed by atoms with van der Waals surface area (Å²) in [5.74, 6) is 0.933. The van der Waals surface area contributed by atoms with Gasteiger partial charge in [-0.15, -0.1) is 0 Å². The molecule has 10 heterocycles. The second-order valence-electron chi connectivity index (χ2n) is 21.4. The predicted octanol–water partition coefficient (Wildman–Crippen LogP) is 10.5. The zero-order valence-corrected chi connectivity index (χ0v) is 42.6. The van der Waals surface area contributed by atoms with E-state index in [9.17, 15) is 0 Å². The molecule has 0 aliphatic heterocycles. The van der Waals surface area contributed by atoms with Crippen LogP contribution in [0.1, 0.15) is 138 Å². The summed E-state index contributed by atoms with van der Waals surface area (Å²) in [4.78, 5) is 25.6. The molecule has 0 unspecified atom stereocenters. The van der Waals surface area contributed by atoms with E-state index in [2.05, 4.69) is 159 Å². The van der Waals surface area contributed by atoms with Crippen molar-refractivity contribution < 1.29 is 0 Å². The topological polar surface area (TPSA) is 164 Å². The maximum Gasteiger partial charge on any atom is 0.158 e. The quantitative estimate of drug-likeness (QED) is 0.142. The van der Waals surface area contributed by atoms with Crippen LogP contribution in [0.4, 0.5) is 0 Å². The minimum Gasteiger partial charge on any atom is -0.237 e. The molecule has 0 fully saturated rings. The Morgan fingerprint density at radius 2 is 0.970 bits per heavy atom. The molecule has 0 amide bonds. The molecular weight excluding hydrogens is 860 g/mol. The normalized spacial score (nSPS) is 12.3. The number of rotatable bonds is 0. The summed E-state index contributed by atoms with van der Waals surface area (Å²) in [6.07, 6.45) is 19.7. The van der Waals surface area contributed by atoms with E-state index in [1.807, 2.05) is 83.3 Å². The van der Waals surface area contributed by atoms with E-state index in [4.69, 9.17) is 11.6 Å². The molecule has 0 saturated heterocycles. The Morgan fingerprint density at radius 3 is 1.55 bits per heavy atom. The largest absolute Gasteiger partial charge is 0.237 e. The molecule has 10 aromatic heterocycles. The average Bonchev–Trinajstić information content (AvgIpc) is 4.09. The van der Waals surface area contributed by atoms with E-state index in [0.717, 1.165) is 45.3 Å². The highest BCUT2D eigenvalue weighted by Crippen LogP contribution is 2.28. The Balaban J connectivity index is 0.000000138. The molecule has 352 valence electrons. The Kier molecular flexibility index (Phi) is 14.3. The lowest BCUT2D eigenvalue weighted by Gasteiger charge is -2.19. The molecule has 0 saturated carbocycles. The highest BCUT2D eigenvalue weighted by molar-refractivity contribution is 6.29. The summed E-state index contributed by atoms with van der Waals surface area (Å²) < 4.78 is 9.03. The zero-order valence-electron chi connectivity index (χ0n) is 41.8. The van der Waals surface area contributed by atoms with Gasteiger partial charge in [0, 0.05) is 83.0 Å². The summed E-state index contributed by atoms with van der Waals surface area (Å²) in [6, 6.07) is 11.8. The van der Waals surface area contributed by atoms with Crippen molar-refractivity contribution in [1.29, 1.82) is 0 Å². The van der Waals surface area contributed by atoms with Crippen LogP contribution in [0.25, 0.3) is 28.2 Å². The van der Waals surface area contributed by atoms with Crippen LogP contribution < -0.4 is 0 Å². The first-order valence-electron chi connectivity index (χ1n) is 22.3. The highest BCUT2D eigenvalue weighted by atomic mass is 35.5. The van der Waals surface area contributed by atoms with Crippen molar-refractivity contribution in [3.63, 3.8) is 0 Å².